The Hall–Kier alpha value is -3.02. The maximum Gasteiger partial charge on any atom is 0.338 e. The van der Waals surface area contributed by atoms with Gasteiger partial charge in [-0.15, -0.1) is 0 Å². The molecular formula is C20H20N2O5S. The lowest BCUT2D eigenvalue weighted by Gasteiger charge is -2.08. The van der Waals surface area contributed by atoms with E-state index in [1.165, 1.54) is 24.3 Å². The molecule has 0 radical (unpaired) electrons. The Bertz CT molecular complexity index is 1020. The molecule has 0 saturated heterocycles. The molecule has 0 aliphatic heterocycles. The van der Waals surface area contributed by atoms with Crippen LogP contribution in [0.5, 0.6) is 0 Å². The normalized spacial score (nSPS) is 10.9. The van der Waals surface area contributed by atoms with E-state index in [0.717, 1.165) is 11.1 Å². The predicted octanol–water partition coefficient (Wildman–Crippen LogP) is 2.54. The van der Waals surface area contributed by atoms with Crippen molar-refractivity contribution in [3.05, 3.63) is 64.7 Å². The molecule has 0 aromatic heterocycles. The first-order chi connectivity index (χ1) is 13.2. The Morgan fingerprint density at radius 2 is 1.79 bits per heavy atom. The molecule has 1 N–H and O–H groups in total. The first kappa shape index (κ1) is 21.3. The van der Waals surface area contributed by atoms with Crippen LogP contribution in [0, 0.1) is 25.2 Å². The third kappa shape index (κ3) is 5.49. The van der Waals surface area contributed by atoms with Crippen LogP contribution in [0.3, 0.4) is 0 Å². The van der Waals surface area contributed by atoms with Gasteiger partial charge in [-0.25, -0.2) is 17.9 Å². The second-order valence-electron chi connectivity index (χ2n) is 6.15. The molecule has 0 fully saturated rings. The highest BCUT2D eigenvalue weighted by Crippen LogP contribution is 2.14. The van der Waals surface area contributed by atoms with E-state index >= 15 is 0 Å². The van der Waals surface area contributed by atoms with Crippen molar-refractivity contribution in [2.45, 2.75) is 25.2 Å². The number of sulfonamides is 1. The summed E-state index contributed by atoms with van der Waals surface area (Å²) in [5, 5.41) is 8.46. The molecule has 146 valence electrons. The van der Waals surface area contributed by atoms with E-state index in [1.807, 2.05) is 25.1 Å². The number of hydrogen-bond donors (Lipinski definition) is 1. The summed E-state index contributed by atoms with van der Waals surface area (Å²) < 4.78 is 31.4. The molecule has 0 atom stereocenters. The standard InChI is InChI=1S/C20H20N2O5S/c1-14-4-5-15(2)18(12-14)19(23)13-27-20(24)16-6-8-17(9-7-16)28(25,26)22-11-3-10-21/h4-9,12,22H,3,11,13H2,1-2H3. The van der Waals surface area contributed by atoms with Crippen LogP contribution in [0.1, 0.15) is 38.3 Å². The number of ketones is 1. The van der Waals surface area contributed by atoms with Crippen molar-refractivity contribution in [3.8, 4) is 6.07 Å². The third-order valence-corrected chi connectivity index (χ3v) is 5.43. The lowest BCUT2D eigenvalue weighted by molar-refractivity contribution is 0.0474. The smallest absolute Gasteiger partial charge is 0.338 e. The predicted molar refractivity (Wildman–Crippen MR) is 102 cm³/mol. The number of nitrogens with one attached hydrogen (secondary N) is 1. The van der Waals surface area contributed by atoms with E-state index in [-0.39, 0.29) is 29.2 Å². The molecule has 0 heterocycles. The summed E-state index contributed by atoms with van der Waals surface area (Å²) in [4.78, 5) is 24.4. The van der Waals surface area contributed by atoms with Gasteiger partial charge in [0.2, 0.25) is 15.8 Å². The van der Waals surface area contributed by atoms with Crippen LogP contribution in [0.2, 0.25) is 0 Å². The van der Waals surface area contributed by atoms with Crippen LogP contribution in [0.25, 0.3) is 0 Å². The fourth-order valence-corrected chi connectivity index (χ4v) is 3.46. The summed E-state index contributed by atoms with van der Waals surface area (Å²) in [6.07, 6.45) is 0.0537. The number of Topliss-reactive ketones (excluding diaryl/α,β-unsaturated/α-hetero) is 1. The summed E-state index contributed by atoms with van der Waals surface area (Å²) in [6, 6.07) is 12.4. The van der Waals surface area contributed by atoms with Gasteiger partial charge in [0.15, 0.2) is 6.61 Å². The van der Waals surface area contributed by atoms with Crippen molar-refractivity contribution < 1.29 is 22.7 Å². The topological polar surface area (TPSA) is 113 Å². The van der Waals surface area contributed by atoms with Crippen LogP contribution in [-0.2, 0) is 14.8 Å². The van der Waals surface area contributed by atoms with Crippen LogP contribution in [0.15, 0.2) is 47.4 Å². The monoisotopic (exact) mass is 400 g/mol. The Morgan fingerprint density at radius 3 is 2.43 bits per heavy atom. The van der Waals surface area contributed by atoms with Crippen LogP contribution in [-0.4, -0.2) is 33.3 Å². The van der Waals surface area contributed by atoms with Crippen molar-refractivity contribution in [1.29, 1.82) is 5.26 Å². The molecule has 0 saturated carbocycles. The van der Waals surface area contributed by atoms with Crippen molar-refractivity contribution >= 4 is 21.8 Å². The Kier molecular flexibility index (Phi) is 7.04. The molecule has 2 aromatic carbocycles. The zero-order chi connectivity index (χ0) is 20.7. The molecule has 0 aliphatic carbocycles. The maximum absolute atomic E-state index is 12.3. The molecule has 8 heteroatoms. The van der Waals surface area contributed by atoms with Crippen LogP contribution in [0.4, 0.5) is 0 Å². The van der Waals surface area contributed by atoms with Crippen molar-refractivity contribution in [2.24, 2.45) is 0 Å². The van der Waals surface area contributed by atoms with Gasteiger partial charge in [0.25, 0.3) is 0 Å². The minimum absolute atomic E-state index is 0.00309. The largest absolute Gasteiger partial charge is 0.454 e. The highest BCUT2D eigenvalue weighted by molar-refractivity contribution is 7.89. The number of benzene rings is 2. The first-order valence-electron chi connectivity index (χ1n) is 8.49. The molecular weight excluding hydrogens is 380 g/mol. The zero-order valence-electron chi connectivity index (χ0n) is 15.6. The Balaban J connectivity index is 2.00. The molecule has 2 rings (SSSR count). The van der Waals surface area contributed by atoms with Gasteiger partial charge in [0, 0.05) is 18.5 Å². The average Bonchev–Trinajstić information content (AvgIpc) is 2.68. The molecule has 7 nitrogen and oxygen atoms in total. The zero-order valence-corrected chi connectivity index (χ0v) is 16.4. The molecule has 28 heavy (non-hydrogen) atoms. The van der Waals surface area contributed by atoms with E-state index in [2.05, 4.69) is 4.72 Å². The van der Waals surface area contributed by atoms with Gasteiger partial charge in [-0.05, 0) is 49.7 Å². The Morgan fingerprint density at radius 1 is 1.11 bits per heavy atom. The highest BCUT2D eigenvalue weighted by Gasteiger charge is 2.16. The molecule has 0 amide bonds. The van der Waals surface area contributed by atoms with Gasteiger partial charge in [-0.1, -0.05) is 17.7 Å². The van der Waals surface area contributed by atoms with Gasteiger partial charge in [-0.3, -0.25) is 4.79 Å². The second kappa shape index (κ2) is 9.26. The van der Waals surface area contributed by atoms with Gasteiger partial charge in [0.05, 0.1) is 16.5 Å². The highest BCUT2D eigenvalue weighted by atomic mass is 32.2. The number of aryl methyl sites for hydroxylation is 2. The minimum atomic E-state index is -3.75. The molecule has 0 bridgehead atoms. The summed E-state index contributed by atoms with van der Waals surface area (Å²) >= 11 is 0. The second-order valence-corrected chi connectivity index (χ2v) is 7.91. The number of nitriles is 1. The number of hydrogen-bond acceptors (Lipinski definition) is 6. The van der Waals surface area contributed by atoms with Gasteiger partial charge >= 0.3 is 5.97 Å². The van der Waals surface area contributed by atoms with E-state index in [9.17, 15) is 18.0 Å². The van der Waals surface area contributed by atoms with Crippen molar-refractivity contribution in [3.63, 3.8) is 0 Å². The summed E-state index contributed by atoms with van der Waals surface area (Å²) in [5.41, 5.74) is 2.35. The summed E-state index contributed by atoms with van der Waals surface area (Å²) in [7, 11) is -3.75. The number of esters is 1. The van der Waals surface area contributed by atoms with E-state index in [1.54, 1.807) is 13.0 Å². The van der Waals surface area contributed by atoms with E-state index < -0.39 is 22.6 Å². The lowest BCUT2D eigenvalue weighted by Crippen LogP contribution is -2.24. The first-order valence-corrected chi connectivity index (χ1v) is 9.97. The van der Waals surface area contributed by atoms with E-state index in [0.29, 0.717) is 5.56 Å². The van der Waals surface area contributed by atoms with Gasteiger partial charge < -0.3 is 4.74 Å². The number of carbonyl (C=O) groups is 2. The summed E-state index contributed by atoms with van der Waals surface area (Å²) in [5.74, 6) is -1.03. The lowest BCUT2D eigenvalue weighted by atomic mass is 10.0. The minimum Gasteiger partial charge on any atom is -0.454 e. The number of carbonyl (C=O) groups excluding carboxylic acids is 2. The summed E-state index contributed by atoms with van der Waals surface area (Å²) in [6.45, 7) is 3.27. The number of ether oxygens (including phenoxy) is 1. The van der Waals surface area contributed by atoms with E-state index in [4.69, 9.17) is 10.00 Å². The van der Waals surface area contributed by atoms with Crippen LogP contribution >= 0.6 is 0 Å². The fraction of sp³-hybridized carbons (Fsp3) is 0.250. The maximum atomic E-state index is 12.3. The number of rotatable bonds is 8. The van der Waals surface area contributed by atoms with Gasteiger partial charge in [0.1, 0.15) is 0 Å². The molecule has 2 aromatic rings. The molecule has 0 unspecified atom stereocenters. The van der Waals surface area contributed by atoms with Crippen molar-refractivity contribution in [1.82, 2.24) is 4.72 Å². The quantitative estimate of drug-likeness (QED) is 0.414. The molecule has 0 spiro atoms. The van der Waals surface area contributed by atoms with Gasteiger partial charge in [-0.2, -0.15) is 5.26 Å². The SMILES string of the molecule is Cc1ccc(C)c(C(=O)COC(=O)c2ccc(S(=O)(=O)NCCC#N)cc2)c1. The van der Waals surface area contributed by atoms with Crippen molar-refractivity contribution in [2.75, 3.05) is 13.2 Å². The number of nitrogens with zero attached hydrogens (tertiary/aromatic N) is 1. The fourth-order valence-electron chi connectivity index (χ4n) is 2.42. The van der Waals surface area contributed by atoms with Crippen LogP contribution < -0.4 is 4.72 Å². The molecule has 0 aliphatic rings. The average molecular weight is 400 g/mol. The third-order valence-electron chi connectivity index (χ3n) is 3.96. The Labute approximate surface area is 164 Å².